The van der Waals surface area contributed by atoms with Gasteiger partial charge in [-0.05, 0) is 50.9 Å². The van der Waals surface area contributed by atoms with Crippen molar-refractivity contribution < 1.29 is 4.79 Å². The number of rotatable bonds is 12. The molecule has 1 amide bonds. The fraction of sp³-hybridized carbons (Fsp3) is 0.458. The number of hydrogen-bond donors (Lipinski definition) is 3. The van der Waals surface area contributed by atoms with Gasteiger partial charge in [-0.15, -0.1) is 0 Å². The van der Waals surface area contributed by atoms with E-state index in [-0.39, 0.29) is 18.0 Å². The summed E-state index contributed by atoms with van der Waals surface area (Å²) in [6, 6.07) is 20.4. The van der Waals surface area contributed by atoms with Crippen LogP contribution in [0.4, 0.5) is 0 Å². The average molecular weight is 382 g/mol. The van der Waals surface area contributed by atoms with E-state index in [4.69, 9.17) is 0 Å². The lowest BCUT2D eigenvalue weighted by atomic mass is 9.97. The van der Waals surface area contributed by atoms with Crippen molar-refractivity contribution >= 4 is 5.91 Å². The van der Waals surface area contributed by atoms with Crippen molar-refractivity contribution in [2.45, 2.75) is 57.7 Å². The third-order valence-corrected chi connectivity index (χ3v) is 5.14. The van der Waals surface area contributed by atoms with Gasteiger partial charge in [-0.2, -0.15) is 0 Å². The lowest BCUT2D eigenvalue weighted by Gasteiger charge is -2.26. The molecule has 0 aliphatic heterocycles. The number of hydrogen-bond acceptors (Lipinski definition) is 3. The maximum atomic E-state index is 13.2. The van der Waals surface area contributed by atoms with Crippen LogP contribution in [-0.4, -0.2) is 31.6 Å². The Morgan fingerprint density at radius 3 is 2.00 bits per heavy atom. The van der Waals surface area contributed by atoms with Crippen LogP contribution < -0.4 is 16.0 Å². The second-order valence-corrected chi connectivity index (χ2v) is 7.39. The molecule has 0 saturated heterocycles. The molecule has 0 aliphatic rings. The minimum Gasteiger partial charge on any atom is -0.344 e. The molecule has 1 unspecified atom stereocenters. The molecule has 0 saturated carbocycles. The summed E-state index contributed by atoms with van der Waals surface area (Å²) in [5.41, 5.74) is 2.19. The molecule has 0 spiro atoms. The van der Waals surface area contributed by atoms with Gasteiger partial charge in [-0.1, -0.05) is 74.0 Å². The summed E-state index contributed by atoms with van der Waals surface area (Å²) in [4.78, 5) is 13.2. The number of nitrogens with one attached hydrogen (secondary N) is 3. The van der Waals surface area contributed by atoms with Gasteiger partial charge in [-0.25, -0.2) is 0 Å². The maximum Gasteiger partial charge on any atom is 0.237 e. The van der Waals surface area contributed by atoms with Crippen LogP contribution in [0, 0.1) is 0 Å². The predicted octanol–water partition coefficient (Wildman–Crippen LogP) is 4.04. The number of unbranched alkanes of at least 4 members (excludes halogenated alkanes) is 1. The Bertz CT molecular complexity index is 635. The summed E-state index contributed by atoms with van der Waals surface area (Å²) in [7, 11) is 1.96. The Balaban J connectivity index is 2.15. The van der Waals surface area contributed by atoms with E-state index < -0.39 is 0 Å². The van der Waals surface area contributed by atoms with E-state index >= 15 is 0 Å². The van der Waals surface area contributed by atoms with Crippen LogP contribution in [0.5, 0.6) is 0 Å². The minimum atomic E-state index is -0.179. The van der Waals surface area contributed by atoms with Gasteiger partial charge in [0.15, 0.2) is 0 Å². The van der Waals surface area contributed by atoms with Gasteiger partial charge in [-0.3, -0.25) is 4.79 Å². The number of carbonyl (C=O) groups excluding carboxylic acids is 1. The second kappa shape index (κ2) is 12.3. The summed E-state index contributed by atoms with van der Waals surface area (Å²) < 4.78 is 0. The zero-order valence-corrected chi connectivity index (χ0v) is 17.4. The molecule has 2 rings (SSSR count). The number of carbonyl (C=O) groups is 1. The lowest BCUT2D eigenvalue weighted by molar-refractivity contribution is -0.124. The van der Waals surface area contributed by atoms with Crippen LogP contribution in [0.1, 0.15) is 56.7 Å². The largest absolute Gasteiger partial charge is 0.344 e. The van der Waals surface area contributed by atoms with Crippen molar-refractivity contribution in [3.63, 3.8) is 0 Å². The molecule has 4 heteroatoms. The summed E-state index contributed by atoms with van der Waals surface area (Å²) in [5.74, 6) is 0.0717. The highest BCUT2D eigenvalue weighted by molar-refractivity contribution is 5.82. The van der Waals surface area contributed by atoms with Crippen LogP contribution in [-0.2, 0) is 4.79 Å². The highest BCUT2D eigenvalue weighted by atomic mass is 16.2. The van der Waals surface area contributed by atoms with Crippen molar-refractivity contribution in [2.75, 3.05) is 13.6 Å². The van der Waals surface area contributed by atoms with Crippen molar-refractivity contribution in [2.24, 2.45) is 0 Å². The van der Waals surface area contributed by atoms with E-state index in [0.29, 0.717) is 6.04 Å². The quantitative estimate of drug-likeness (QED) is 0.486. The van der Waals surface area contributed by atoms with Gasteiger partial charge in [0.1, 0.15) is 0 Å². The third-order valence-electron chi connectivity index (χ3n) is 5.14. The summed E-state index contributed by atoms with van der Waals surface area (Å²) in [6.45, 7) is 5.26. The maximum absolute atomic E-state index is 13.2. The summed E-state index contributed by atoms with van der Waals surface area (Å²) >= 11 is 0. The minimum absolute atomic E-state index is 0.0717. The SMILES string of the molecule is CCC(C)N[C@@H](CCCCNC)C(=O)NC(c1ccccc1)c1ccccc1. The van der Waals surface area contributed by atoms with E-state index in [1.807, 2.05) is 43.4 Å². The standard InChI is InChI=1S/C24H35N3O/c1-4-19(2)26-22(17-11-12-18-25-3)24(28)27-23(20-13-7-5-8-14-20)21-15-9-6-10-16-21/h5-10,13-16,19,22-23,25-26H,4,11-12,17-18H2,1-3H3,(H,27,28)/t19?,22-/m0/s1. The molecule has 2 aromatic rings. The average Bonchev–Trinajstić information content (AvgIpc) is 2.75. The molecule has 0 heterocycles. The molecule has 4 nitrogen and oxygen atoms in total. The third kappa shape index (κ3) is 7.10. The first-order chi connectivity index (χ1) is 13.7. The van der Waals surface area contributed by atoms with E-state index in [0.717, 1.165) is 43.4 Å². The van der Waals surface area contributed by atoms with Crippen LogP contribution in [0.25, 0.3) is 0 Å². The van der Waals surface area contributed by atoms with Gasteiger partial charge in [0.05, 0.1) is 12.1 Å². The molecule has 0 radical (unpaired) electrons. The molecule has 0 aromatic heterocycles. The molecule has 2 atom stereocenters. The molecular formula is C24H35N3O. The van der Waals surface area contributed by atoms with Gasteiger partial charge in [0, 0.05) is 6.04 Å². The second-order valence-electron chi connectivity index (χ2n) is 7.39. The van der Waals surface area contributed by atoms with Crippen molar-refractivity contribution in [3.05, 3.63) is 71.8 Å². The molecule has 3 N–H and O–H groups in total. The predicted molar refractivity (Wildman–Crippen MR) is 117 cm³/mol. The van der Waals surface area contributed by atoms with Crippen molar-refractivity contribution in [1.29, 1.82) is 0 Å². The number of benzene rings is 2. The van der Waals surface area contributed by atoms with Crippen LogP contribution in [0.3, 0.4) is 0 Å². The topological polar surface area (TPSA) is 53.2 Å². The zero-order valence-electron chi connectivity index (χ0n) is 17.4. The van der Waals surface area contributed by atoms with Gasteiger partial charge < -0.3 is 16.0 Å². The molecule has 0 fully saturated rings. The van der Waals surface area contributed by atoms with Crippen LogP contribution in [0.15, 0.2) is 60.7 Å². The van der Waals surface area contributed by atoms with Gasteiger partial charge in [0.2, 0.25) is 5.91 Å². The Kier molecular flexibility index (Phi) is 9.73. The Hall–Kier alpha value is -2.17. The molecule has 0 bridgehead atoms. The first-order valence-electron chi connectivity index (χ1n) is 10.5. The smallest absolute Gasteiger partial charge is 0.237 e. The molecule has 2 aromatic carbocycles. The van der Waals surface area contributed by atoms with Gasteiger partial charge >= 0.3 is 0 Å². The number of amides is 1. The molecule has 0 aliphatic carbocycles. The van der Waals surface area contributed by atoms with Crippen LogP contribution in [0.2, 0.25) is 0 Å². The van der Waals surface area contributed by atoms with Crippen LogP contribution >= 0.6 is 0 Å². The van der Waals surface area contributed by atoms with E-state index in [1.54, 1.807) is 0 Å². The highest BCUT2D eigenvalue weighted by Gasteiger charge is 2.24. The Morgan fingerprint density at radius 2 is 1.50 bits per heavy atom. The normalized spacial score (nSPS) is 13.3. The van der Waals surface area contributed by atoms with Crippen molar-refractivity contribution in [1.82, 2.24) is 16.0 Å². The van der Waals surface area contributed by atoms with Gasteiger partial charge in [0.25, 0.3) is 0 Å². The molecule has 152 valence electrons. The highest BCUT2D eigenvalue weighted by Crippen LogP contribution is 2.22. The first kappa shape index (κ1) is 22.1. The zero-order chi connectivity index (χ0) is 20.2. The monoisotopic (exact) mass is 381 g/mol. The van der Waals surface area contributed by atoms with Crippen molar-refractivity contribution in [3.8, 4) is 0 Å². The molecular weight excluding hydrogens is 346 g/mol. The first-order valence-corrected chi connectivity index (χ1v) is 10.5. The Morgan fingerprint density at radius 1 is 0.929 bits per heavy atom. The van der Waals surface area contributed by atoms with E-state index in [2.05, 4.69) is 54.1 Å². The summed E-state index contributed by atoms with van der Waals surface area (Å²) in [5, 5.41) is 10.00. The fourth-order valence-electron chi connectivity index (χ4n) is 3.29. The molecule has 28 heavy (non-hydrogen) atoms. The fourth-order valence-corrected chi connectivity index (χ4v) is 3.29. The summed E-state index contributed by atoms with van der Waals surface area (Å²) in [6.07, 6.45) is 3.93. The Labute approximate surface area is 170 Å². The van der Waals surface area contributed by atoms with E-state index in [9.17, 15) is 4.79 Å². The lowest BCUT2D eigenvalue weighted by Crippen LogP contribution is -2.48. The van der Waals surface area contributed by atoms with E-state index in [1.165, 1.54) is 0 Å².